The van der Waals surface area contributed by atoms with Gasteiger partial charge in [-0.3, -0.25) is 9.63 Å². The molecule has 1 aromatic rings. The van der Waals surface area contributed by atoms with E-state index >= 15 is 0 Å². The lowest BCUT2D eigenvalue weighted by Crippen LogP contribution is -2.30. The second-order valence-corrected chi connectivity index (χ2v) is 4.23. The van der Waals surface area contributed by atoms with E-state index in [9.17, 15) is 18.0 Å². The molecule has 0 radical (unpaired) electrons. The highest BCUT2D eigenvalue weighted by atomic mass is 19.4. The maximum Gasteiger partial charge on any atom is 0.414 e. The summed E-state index contributed by atoms with van der Waals surface area (Å²) < 4.78 is 35.4. The Morgan fingerprint density at radius 3 is 2.61 bits per heavy atom. The minimum absolute atomic E-state index is 0.0840. The molecule has 2 atom stereocenters. The molecular formula is C12H12F3NO2. The summed E-state index contributed by atoms with van der Waals surface area (Å²) in [5.41, 5.74) is 2.86. The van der Waals surface area contributed by atoms with Crippen molar-refractivity contribution in [2.75, 3.05) is 6.61 Å². The first-order valence-electron chi connectivity index (χ1n) is 5.51. The number of benzene rings is 1. The van der Waals surface area contributed by atoms with Gasteiger partial charge in [0.1, 0.15) is 0 Å². The number of rotatable bonds is 4. The maximum absolute atomic E-state index is 11.8. The van der Waals surface area contributed by atoms with Crippen LogP contribution in [0.2, 0.25) is 0 Å². The van der Waals surface area contributed by atoms with Crippen LogP contribution in [0.4, 0.5) is 13.2 Å². The number of carbonyl (C=O) groups is 1. The van der Waals surface area contributed by atoms with Crippen molar-refractivity contribution in [2.45, 2.75) is 18.5 Å². The molecule has 18 heavy (non-hydrogen) atoms. The molecule has 1 saturated carbocycles. The third-order valence-electron chi connectivity index (χ3n) is 2.76. The Hall–Kier alpha value is -1.56. The van der Waals surface area contributed by atoms with Crippen molar-refractivity contribution in [3.63, 3.8) is 0 Å². The largest absolute Gasteiger partial charge is 0.414 e. The summed E-state index contributed by atoms with van der Waals surface area (Å²) in [4.78, 5) is 15.6. The van der Waals surface area contributed by atoms with Gasteiger partial charge >= 0.3 is 6.18 Å². The number of hydrogen-bond acceptors (Lipinski definition) is 2. The number of amides is 1. The van der Waals surface area contributed by atoms with Crippen molar-refractivity contribution < 1.29 is 22.8 Å². The van der Waals surface area contributed by atoms with Crippen LogP contribution >= 0.6 is 0 Å². The average molecular weight is 259 g/mol. The Morgan fingerprint density at radius 1 is 1.33 bits per heavy atom. The van der Waals surface area contributed by atoms with E-state index < -0.39 is 18.7 Å². The van der Waals surface area contributed by atoms with Crippen LogP contribution in [0.3, 0.4) is 0 Å². The minimum atomic E-state index is -4.43. The smallest absolute Gasteiger partial charge is 0.272 e. The molecule has 98 valence electrons. The van der Waals surface area contributed by atoms with Gasteiger partial charge in [-0.1, -0.05) is 30.3 Å². The fourth-order valence-corrected chi connectivity index (χ4v) is 1.82. The fraction of sp³-hybridized carbons (Fsp3) is 0.417. The zero-order valence-corrected chi connectivity index (χ0v) is 9.41. The Bertz CT molecular complexity index is 419. The van der Waals surface area contributed by atoms with Gasteiger partial charge in [0.2, 0.25) is 5.91 Å². The topological polar surface area (TPSA) is 38.3 Å². The standard InChI is InChI=1S/C12H12F3NO2/c13-12(14,15)7-18-16-11(17)10-6-9(10)8-4-2-1-3-5-8/h1-5,9-10H,6-7H2,(H,16,17). The summed E-state index contributed by atoms with van der Waals surface area (Å²) in [5.74, 6) is -0.700. The van der Waals surface area contributed by atoms with Gasteiger partial charge in [0.15, 0.2) is 6.61 Å². The molecule has 2 unspecified atom stereocenters. The Labute approximate surface area is 102 Å². The molecule has 0 spiro atoms. The predicted octanol–water partition coefficient (Wildman–Crippen LogP) is 2.40. The number of carbonyl (C=O) groups excluding carboxylic acids is 1. The lowest BCUT2D eigenvalue weighted by Gasteiger charge is -2.08. The van der Waals surface area contributed by atoms with Crippen molar-refractivity contribution in [3.05, 3.63) is 35.9 Å². The molecule has 1 aliphatic carbocycles. The molecule has 0 aromatic heterocycles. The number of halogens is 3. The molecule has 1 N–H and O–H groups in total. The van der Waals surface area contributed by atoms with E-state index in [-0.39, 0.29) is 11.8 Å². The van der Waals surface area contributed by atoms with Crippen LogP contribution in [0, 0.1) is 5.92 Å². The number of nitrogens with one attached hydrogen (secondary N) is 1. The van der Waals surface area contributed by atoms with Crippen molar-refractivity contribution in [1.29, 1.82) is 0 Å². The number of alkyl halides is 3. The van der Waals surface area contributed by atoms with Gasteiger partial charge in [0.25, 0.3) is 0 Å². The molecule has 1 aliphatic rings. The lowest BCUT2D eigenvalue weighted by atomic mass is 10.1. The van der Waals surface area contributed by atoms with Crippen LogP contribution in [-0.2, 0) is 9.63 Å². The molecule has 0 heterocycles. The zero-order valence-electron chi connectivity index (χ0n) is 9.41. The first kappa shape index (κ1) is 12.9. The number of hydroxylamine groups is 1. The van der Waals surface area contributed by atoms with Crippen molar-refractivity contribution in [2.24, 2.45) is 5.92 Å². The first-order valence-corrected chi connectivity index (χ1v) is 5.51. The highest BCUT2D eigenvalue weighted by molar-refractivity contribution is 5.81. The van der Waals surface area contributed by atoms with Crippen molar-refractivity contribution in [3.8, 4) is 0 Å². The monoisotopic (exact) mass is 259 g/mol. The van der Waals surface area contributed by atoms with Gasteiger partial charge in [-0.15, -0.1) is 0 Å². The van der Waals surface area contributed by atoms with E-state index in [1.807, 2.05) is 35.8 Å². The Morgan fingerprint density at radius 2 is 2.00 bits per heavy atom. The SMILES string of the molecule is O=C(NOCC(F)(F)F)C1CC1c1ccccc1. The molecule has 0 bridgehead atoms. The summed E-state index contributed by atoms with van der Waals surface area (Å²) in [7, 11) is 0. The van der Waals surface area contributed by atoms with Gasteiger partial charge in [0, 0.05) is 5.92 Å². The molecule has 1 fully saturated rings. The third-order valence-corrected chi connectivity index (χ3v) is 2.76. The van der Waals surface area contributed by atoms with Crippen molar-refractivity contribution in [1.82, 2.24) is 5.48 Å². The molecule has 1 amide bonds. The summed E-state index contributed by atoms with van der Waals surface area (Å²) in [6.07, 6.45) is -3.79. The summed E-state index contributed by atoms with van der Waals surface area (Å²) >= 11 is 0. The maximum atomic E-state index is 11.8. The van der Waals surface area contributed by atoms with E-state index in [0.717, 1.165) is 5.56 Å². The molecule has 1 aromatic carbocycles. The van der Waals surface area contributed by atoms with Crippen LogP contribution in [-0.4, -0.2) is 18.7 Å². The minimum Gasteiger partial charge on any atom is -0.272 e. The van der Waals surface area contributed by atoms with Crippen LogP contribution in [0.1, 0.15) is 17.9 Å². The quantitative estimate of drug-likeness (QED) is 0.843. The Kier molecular flexibility index (Phi) is 3.56. The van der Waals surface area contributed by atoms with Crippen LogP contribution in [0.5, 0.6) is 0 Å². The van der Waals surface area contributed by atoms with Gasteiger partial charge in [-0.25, -0.2) is 5.48 Å². The summed E-state index contributed by atoms with van der Waals surface area (Å²) in [6, 6.07) is 9.39. The third kappa shape index (κ3) is 3.46. The highest BCUT2D eigenvalue weighted by Crippen LogP contribution is 2.47. The van der Waals surface area contributed by atoms with E-state index in [1.165, 1.54) is 0 Å². The zero-order chi connectivity index (χ0) is 13.2. The van der Waals surface area contributed by atoms with Gasteiger partial charge in [-0.05, 0) is 17.9 Å². The number of hydrogen-bond donors (Lipinski definition) is 1. The van der Waals surface area contributed by atoms with Crippen LogP contribution < -0.4 is 5.48 Å². The van der Waals surface area contributed by atoms with E-state index in [0.29, 0.717) is 6.42 Å². The lowest BCUT2D eigenvalue weighted by molar-refractivity contribution is -0.192. The highest BCUT2D eigenvalue weighted by Gasteiger charge is 2.44. The molecule has 0 aliphatic heterocycles. The predicted molar refractivity (Wildman–Crippen MR) is 57.4 cm³/mol. The first-order chi connectivity index (χ1) is 8.47. The summed E-state index contributed by atoms with van der Waals surface area (Å²) in [6.45, 7) is -1.47. The molecule has 3 nitrogen and oxygen atoms in total. The second-order valence-electron chi connectivity index (χ2n) is 4.23. The van der Waals surface area contributed by atoms with Crippen molar-refractivity contribution >= 4 is 5.91 Å². The van der Waals surface area contributed by atoms with E-state index in [4.69, 9.17) is 0 Å². The normalized spacial score (nSPS) is 22.6. The van der Waals surface area contributed by atoms with Gasteiger partial charge in [-0.2, -0.15) is 13.2 Å². The van der Waals surface area contributed by atoms with E-state index in [1.54, 1.807) is 0 Å². The fourth-order valence-electron chi connectivity index (χ4n) is 1.82. The second kappa shape index (κ2) is 4.97. The van der Waals surface area contributed by atoms with Crippen LogP contribution in [0.15, 0.2) is 30.3 Å². The average Bonchev–Trinajstić information content (AvgIpc) is 3.08. The summed E-state index contributed by atoms with van der Waals surface area (Å²) in [5, 5.41) is 0. The molecule has 0 saturated heterocycles. The van der Waals surface area contributed by atoms with Gasteiger partial charge in [0.05, 0.1) is 0 Å². The molecule has 6 heteroatoms. The van der Waals surface area contributed by atoms with E-state index in [2.05, 4.69) is 4.84 Å². The van der Waals surface area contributed by atoms with Gasteiger partial charge < -0.3 is 0 Å². The molecular weight excluding hydrogens is 247 g/mol. The Balaban J connectivity index is 1.76. The van der Waals surface area contributed by atoms with Crippen LogP contribution in [0.25, 0.3) is 0 Å². The molecule has 2 rings (SSSR count).